The van der Waals surface area contributed by atoms with Gasteiger partial charge in [-0.2, -0.15) is 0 Å². The molecule has 0 aromatic heterocycles. The molecule has 0 spiro atoms. The van der Waals surface area contributed by atoms with E-state index in [1.165, 1.54) is 9.80 Å². The Hall–Kier alpha value is -1.48. The quantitative estimate of drug-likeness (QED) is 0.463. The summed E-state index contributed by atoms with van der Waals surface area (Å²) in [5.41, 5.74) is 1.13. The molecule has 0 aliphatic rings. The van der Waals surface area contributed by atoms with Crippen LogP contribution in [0.1, 0.15) is 5.56 Å². The highest BCUT2D eigenvalue weighted by molar-refractivity contribution is 7.98. The van der Waals surface area contributed by atoms with Crippen molar-refractivity contribution in [2.24, 2.45) is 0 Å². The highest BCUT2D eigenvalue weighted by atomic mass is 32.2. The maximum absolute atomic E-state index is 11.2. The van der Waals surface area contributed by atoms with Gasteiger partial charge in [0.1, 0.15) is 0 Å². The van der Waals surface area contributed by atoms with Gasteiger partial charge in [0.15, 0.2) is 0 Å². The average Bonchev–Trinajstić information content (AvgIpc) is 2.35. The predicted molar refractivity (Wildman–Crippen MR) is 75.1 cm³/mol. The summed E-state index contributed by atoms with van der Waals surface area (Å²) >= 11 is 1.72. The molecular weight excluding hydrogens is 230 g/mol. The third-order valence-electron chi connectivity index (χ3n) is 2.20. The molecule has 1 aromatic rings. The van der Waals surface area contributed by atoms with Crippen LogP contribution in [-0.4, -0.2) is 31.2 Å². The molecule has 0 aliphatic heterocycles. The van der Waals surface area contributed by atoms with Crippen molar-refractivity contribution < 1.29 is 4.79 Å². The summed E-state index contributed by atoms with van der Waals surface area (Å²) in [4.78, 5) is 14.0. The summed E-state index contributed by atoms with van der Waals surface area (Å²) < 4.78 is 0. The third-order valence-corrected chi connectivity index (χ3v) is 2.94. The van der Waals surface area contributed by atoms with E-state index in [1.54, 1.807) is 38.0 Å². The maximum atomic E-state index is 11.2. The number of carbonyl (C=O) groups is 1. The fourth-order valence-electron chi connectivity index (χ4n) is 1.17. The minimum absolute atomic E-state index is 0.00705. The topological polar surface area (TPSA) is 20.3 Å². The third kappa shape index (κ3) is 4.91. The van der Waals surface area contributed by atoms with Gasteiger partial charge in [0.2, 0.25) is 5.91 Å². The van der Waals surface area contributed by atoms with Crippen molar-refractivity contribution in [1.82, 2.24) is 4.90 Å². The van der Waals surface area contributed by atoms with Gasteiger partial charge in [0.05, 0.1) is 0 Å². The van der Waals surface area contributed by atoms with Crippen molar-refractivity contribution >= 4 is 23.7 Å². The zero-order valence-corrected chi connectivity index (χ0v) is 11.2. The molecule has 0 atom stereocenters. The molecule has 1 amide bonds. The van der Waals surface area contributed by atoms with Crippen LogP contribution in [0.15, 0.2) is 47.4 Å². The number of carbonyl (C=O) groups excluding carboxylic acids is 1. The van der Waals surface area contributed by atoms with Gasteiger partial charge < -0.3 is 4.90 Å². The zero-order chi connectivity index (χ0) is 12.7. The van der Waals surface area contributed by atoms with E-state index in [1.807, 2.05) is 12.2 Å². The number of nitrogens with zero attached hydrogens (tertiary/aromatic N) is 1. The van der Waals surface area contributed by atoms with Crippen LogP contribution in [0.2, 0.25) is 0 Å². The molecule has 1 rings (SSSR count). The van der Waals surface area contributed by atoms with Crippen molar-refractivity contribution in [2.45, 2.75) is 4.90 Å². The molecule has 0 saturated carbocycles. The van der Waals surface area contributed by atoms with E-state index in [0.717, 1.165) is 5.56 Å². The second kappa shape index (κ2) is 6.97. The van der Waals surface area contributed by atoms with Gasteiger partial charge in [0.25, 0.3) is 0 Å². The first-order valence-corrected chi connectivity index (χ1v) is 6.56. The smallest absolute Gasteiger partial charge is 0.246 e. The van der Waals surface area contributed by atoms with Crippen LogP contribution in [-0.2, 0) is 4.79 Å². The first kappa shape index (κ1) is 13.6. The van der Waals surface area contributed by atoms with E-state index >= 15 is 0 Å². The normalized spacial score (nSPS) is 11.2. The average molecular weight is 247 g/mol. The number of hydrogen-bond acceptors (Lipinski definition) is 2. The lowest BCUT2D eigenvalue weighted by atomic mass is 10.2. The number of allylic oxidation sites excluding steroid dienone is 2. The van der Waals surface area contributed by atoms with Gasteiger partial charge in [-0.1, -0.05) is 30.4 Å². The number of amides is 1. The van der Waals surface area contributed by atoms with Crippen LogP contribution in [0.4, 0.5) is 0 Å². The van der Waals surface area contributed by atoms with E-state index in [9.17, 15) is 4.79 Å². The van der Waals surface area contributed by atoms with E-state index in [4.69, 9.17) is 0 Å². The van der Waals surface area contributed by atoms with Crippen LogP contribution in [0.3, 0.4) is 0 Å². The molecule has 0 heterocycles. The van der Waals surface area contributed by atoms with Crippen molar-refractivity contribution in [2.75, 3.05) is 20.4 Å². The summed E-state index contributed by atoms with van der Waals surface area (Å²) in [5.74, 6) is -0.00705. The van der Waals surface area contributed by atoms with Gasteiger partial charge in [-0.15, -0.1) is 11.8 Å². The highest BCUT2D eigenvalue weighted by Crippen LogP contribution is 2.15. The SMILES string of the molecule is CSc1ccc(C=CC=CC(=O)N(C)C)cc1. The Bertz CT molecular complexity index is 418. The van der Waals surface area contributed by atoms with Crippen molar-refractivity contribution in [1.29, 1.82) is 0 Å². The summed E-state index contributed by atoms with van der Waals surface area (Å²) in [6.45, 7) is 0. The fraction of sp³-hybridized carbons (Fsp3) is 0.214. The fourth-order valence-corrected chi connectivity index (χ4v) is 1.58. The summed E-state index contributed by atoms with van der Waals surface area (Å²) in [5, 5.41) is 0. The lowest BCUT2D eigenvalue weighted by Crippen LogP contribution is -2.18. The van der Waals surface area contributed by atoms with Crippen molar-refractivity contribution in [3.8, 4) is 0 Å². The summed E-state index contributed by atoms with van der Waals surface area (Å²) in [6.07, 6.45) is 9.21. The molecule has 17 heavy (non-hydrogen) atoms. The Morgan fingerprint density at radius 3 is 2.35 bits per heavy atom. The Kier molecular flexibility index (Phi) is 5.57. The lowest BCUT2D eigenvalue weighted by molar-refractivity contribution is -0.123. The second-order valence-electron chi connectivity index (χ2n) is 3.72. The Morgan fingerprint density at radius 1 is 1.18 bits per heavy atom. The molecule has 0 aliphatic carbocycles. The number of rotatable bonds is 4. The Labute approximate surface area is 107 Å². The van der Waals surface area contributed by atoms with E-state index in [0.29, 0.717) is 0 Å². The molecule has 0 N–H and O–H groups in total. The first-order chi connectivity index (χ1) is 8.13. The molecule has 1 aromatic carbocycles. The minimum Gasteiger partial charge on any atom is -0.345 e. The van der Waals surface area contributed by atoms with E-state index < -0.39 is 0 Å². The standard InChI is InChI=1S/C14H17NOS/c1-15(2)14(16)7-5-4-6-12-8-10-13(17-3)11-9-12/h4-11H,1-3H3. The number of hydrogen-bond donors (Lipinski definition) is 0. The lowest BCUT2D eigenvalue weighted by Gasteiger charge is -2.04. The number of benzene rings is 1. The second-order valence-corrected chi connectivity index (χ2v) is 4.60. The van der Waals surface area contributed by atoms with Crippen molar-refractivity contribution in [3.05, 3.63) is 48.1 Å². The monoisotopic (exact) mass is 247 g/mol. The van der Waals surface area contributed by atoms with E-state index in [2.05, 4.69) is 30.5 Å². The molecule has 2 nitrogen and oxygen atoms in total. The van der Waals surface area contributed by atoms with Crippen molar-refractivity contribution in [3.63, 3.8) is 0 Å². The molecule has 0 radical (unpaired) electrons. The Morgan fingerprint density at radius 2 is 1.82 bits per heavy atom. The first-order valence-electron chi connectivity index (χ1n) is 5.33. The molecule has 0 unspecified atom stereocenters. The molecular formula is C14H17NOS. The molecule has 90 valence electrons. The maximum Gasteiger partial charge on any atom is 0.246 e. The van der Waals surface area contributed by atoms with Crippen LogP contribution in [0.5, 0.6) is 0 Å². The predicted octanol–water partition coefficient (Wildman–Crippen LogP) is 3.07. The summed E-state index contributed by atoms with van der Waals surface area (Å²) in [7, 11) is 3.47. The van der Waals surface area contributed by atoms with Crippen LogP contribution in [0, 0.1) is 0 Å². The van der Waals surface area contributed by atoms with Gasteiger partial charge >= 0.3 is 0 Å². The van der Waals surface area contributed by atoms with Gasteiger partial charge in [-0.05, 0) is 24.0 Å². The molecule has 0 saturated heterocycles. The minimum atomic E-state index is -0.00705. The van der Waals surface area contributed by atoms with E-state index in [-0.39, 0.29) is 5.91 Å². The summed E-state index contributed by atoms with van der Waals surface area (Å²) in [6, 6.07) is 8.28. The molecule has 3 heteroatoms. The van der Waals surface area contributed by atoms with Crippen LogP contribution < -0.4 is 0 Å². The molecule has 0 fully saturated rings. The van der Waals surface area contributed by atoms with Gasteiger partial charge in [-0.25, -0.2) is 0 Å². The number of thioether (sulfide) groups is 1. The number of likely N-dealkylation sites (N-methyl/N-ethyl adjacent to an activating group) is 1. The van der Waals surface area contributed by atoms with Gasteiger partial charge in [0, 0.05) is 25.1 Å². The Balaban J connectivity index is 2.56. The largest absolute Gasteiger partial charge is 0.345 e. The van der Waals surface area contributed by atoms with Crippen LogP contribution >= 0.6 is 11.8 Å². The molecule has 0 bridgehead atoms. The highest BCUT2D eigenvalue weighted by Gasteiger charge is 1.94. The zero-order valence-electron chi connectivity index (χ0n) is 10.4. The van der Waals surface area contributed by atoms with Crippen LogP contribution in [0.25, 0.3) is 6.08 Å². The van der Waals surface area contributed by atoms with Gasteiger partial charge in [-0.3, -0.25) is 4.79 Å².